The normalized spacial score (nSPS) is 15.1. The maximum Gasteiger partial charge on any atom is 0.329 e. The number of carbonyl (C=O) groups is 4. The van der Waals surface area contributed by atoms with Crippen LogP contribution in [0.2, 0.25) is 0 Å². The standard InChI is InChI=1S/C38H55N3O10/c1-6-38(2,3)35(43)36(44)41-19-8-7-12-30(41)37(45)51-31(15-13-27-14-16-32(46-4)33(24-27)47-5)28-10-9-11-29(25-28)50-26-34(42)40-18-21-49-23-22-48-20-17-39/h9-11,14,16,24-25,30-31H,6-8,12-13,15,17-23,26,39H2,1-5H3,(H,40,42)/t30-,31+/m0/s1. The summed E-state index contributed by atoms with van der Waals surface area (Å²) in [5, 5.41) is 2.75. The zero-order valence-corrected chi connectivity index (χ0v) is 30.7. The first-order valence-corrected chi connectivity index (χ1v) is 17.7. The second-order valence-corrected chi connectivity index (χ2v) is 13.0. The largest absolute Gasteiger partial charge is 0.493 e. The van der Waals surface area contributed by atoms with Crippen molar-refractivity contribution in [1.29, 1.82) is 0 Å². The highest BCUT2D eigenvalue weighted by molar-refractivity contribution is 6.38. The van der Waals surface area contributed by atoms with Crippen molar-refractivity contribution < 1.29 is 47.6 Å². The van der Waals surface area contributed by atoms with Crippen molar-refractivity contribution in [3.05, 3.63) is 53.6 Å². The van der Waals surface area contributed by atoms with Crippen LogP contribution in [0.25, 0.3) is 0 Å². The molecule has 2 atom stereocenters. The van der Waals surface area contributed by atoms with Gasteiger partial charge in [-0.15, -0.1) is 0 Å². The molecule has 13 nitrogen and oxygen atoms in total. The van der Waals surface area contributed by atoms with E-state index in [1.54, 1.807) is 46.3 Å². The maximum absolute atomic E-state index is 13.9. The molecule has 0 aromatic heterocycles. The Balaban J connectivity index is 1.73. The fraction of sp³-hybridized carbons (Fsp3) is 0.579. The first-order chi connectivity index (χ1) is 24.5. The number of ketones is 1. The molecule has 2 amide bonds. The number of Topliss-reactive ketones (excluding diaryl/α,β-unsaturated/α-hetero) is 1. The van der Waals surface area contributed by atoms with Crippen molar-refractivity contribution in [1.82, 2.24) is 10.2 Å². The van der Waals surface area contributed by atoms with Crippen LogP contribution in [0.15, 0.2) is 42.5 Å². The summed E-state index contributed by atoms with van der Waals surface area (Å²) in [6.07, 6.45) is 2.51. The Morgan fingerprint density at radius 3 is 2.41 bits per heavy atom. The monoisotopic (exact) mass is 713 g/mol. The van der Waals surface area contributed by atoms with Crippen LogP contribution in [-0.4, -0.2) is 101 Å². The lowest BCUT2D eigenvalue weighted by Gasteiger charge is -2.36. The average molecular weight is 714 g/mol. The number of rotatable bonds is 22. The fourth-order valence-corrected chi connectivity index (χ4v) is 5.52. The molecule has 1 aliphatic heterocycles. The van der Waals surface area contributed by atoms with Crippen LogP contribution >= 0.6 is 0 Å². The molecule has 3 N–H and O–H groups in total. The number of nitrogens with zero attached hydrogens (tertiary/aromatic N) is 1. The summed E-state index contributed by atoms with van der Waals surface area (Å²) < 4.78 is 33.5. The smallest absolute Gasteiger partial charge is 0.329 e. The van der Waals surface area contributed by atoms with Crippen LogP contribution in [-0.2, 0) is 39.8 Å². The summed E-state index contributed by atoms with van der Waals surface area (Å²) in [7, 11) is 3.14. The topological polar surface area (TPSA) is 165 Å². The van der Waals surface area contributed by atoms with E-state index in [0.717, 1.165) is 12.0 Å². The highest BCUT2D eigenvalue weighted by Gasteiger charge is 2.41. The SMILES string of the molecule is CCC(C)(C)C(=O)C(=O)N1CCCC[C@H]1C(=O)O[C@H](CCc1ccc(OC)c(OC)c1)c1cccc(OCC(=O)NCCOCCOCCN)c1. The highest BCUT2D eigenvalue weighted by Crippen LogP contribution is 2.32. The van der Waals surface area contributed by atoms with E-state index in [1.165, 1.54) is 4.90 Å². The molecule has 51 heavy (non-hydrogen) atoms. The van der Waals surface area contributed by atoms with E-state index in [1.807, 2.05) is 31.2 Å². The van der Waals surface area contributed by atoms with Crippen LogP contribution in [0.3, 0.4) is 0 Å². The summed E-state index contributed by atoms with van der Waals surface area (Å²) in [5.41, 5.74) is 6.14. The Kier molecular flexibility index (Phi) is 17.2. The molecule has 1 fully saturated rings. The molecule has 0 saturated carbocycles. The Hall–Kier alpha value is -4.20. The molecule has 3 rings (SSSR count). The lowest BCUT2D eigenvalue weighted by atomic mass is 9.84. The van der Waals surface area contributed by atoms with Gasteiger partial charge in [-0.1, -0.05) is 39.0 Å². The maximum atomic E-state index is 13.9. The van der Waals surface area contributed by atoms with Gasteiger partial charge >= 0.3 is 5.97 Å². The molecule has 0 spiro atoms. The van der Waals surface area contributed by atoms with Crippen molar-refractivity contribution in [2.45, 2.75) is 71.4 Å². The molecule has 2 aromatic carbocycles. The summed E-state index contributed by atoms with van der Waals surface area (Å²) >= 11 is 0. The number of hydrogen-bond donors (Lipinski definition) is 2. The van der Waals surface area contributed by atoms with Gasteiger partial charge in [0.15, 0.2) is 18.1 Å². The van der Waals surface area contributed by atoms with Crippen LogP contribution < -0.4 is 25.3 Å². The number of nitrogens with two attached hydrogens (primary N) is 1. The van der Waals surface area contributed by atoms with E-state index >= 15 is 0 Å². The second kappa shape index (κ2) is 21.2. The van der Waals surface area contributed by atoms with Crippen LogP contribution in [0.4, 0.5) is 0 Å². The molecule has 1 aliphatic rings. The number of piperidine rings is 1. The molecular weight excluding hydrogens is 658 g/mol. The van der Waals surface area contributed by atoms with Gasteiger partial charge < -0.3 is 44.4 Å². The molecule has 1 saturated heterocycles. The summed E-state index contributed by atoms with van der Waals surface area (Å²) in [6.45, 7) is 7.83. The third-order valence-corrected chi connectivity index (χ3v) is 8.93. The first-order valence-electron chi connectivity index (χ1n) is 17.7. The summed E-state index contributed by atoms with van der Waals surface area (Å²) in [6, 6.07) is 11.8. The molecule has 2 aromatic rings. The van der Waals surface area contributed by atoms with Gasteiger partial charge in [-0.05, 0) is 73.9 Å². The number of likely N-dealkylation sites (tertiary alicyclic amines) is 1. The van der Waals surface area contributed by atoms with Gasteiger partial charge in [-0.2, -0.15) is 0 Å². The predicted molar refractivity (Wildman–Crippen MR) is 191 cm³/mol. The van der Waals surface area contributed by atoms with Gasteiger partial charge in [0, 0.05) is 25.0 Å². The Morgan fingerprint density at radius 1 is 0.961 bits per heavy atom. The van der Waals surface area contributed by atoms with Crippen molar-refractivity contribution in [2.24, 2.45) is 11.1 Å². The number of amides is 2. The van der Waals surface area contributed by atoms with E-state index < -0.39 is 35.2 Å². The van der Waals surface area contributed by atoms with Crippen LogP contribution in [0.1, 0.15) is 70.1 Å². The Morgan fingerprint density at radius 2 is 1.71 bits per heavy atom. The average Bonchev–Trinajstić information content (AvgIpc) is 3.15. The van der Waals surface area contributed by atoms with Gasteiger partial charge in [0.2, 0.25) is 5.78 Å². The van der Waals surface area contributed by atoms with Gasteiger partial charge in [-0.25, -0.2) is 4.79 Å². The zero-order chi connectivity index (χ0) is 37.2. The zero-order valence-electron chi connectivity index (χ0n) is 30.7. The van der Waals surface area contributed by atoms with E-state index in [2.05, 4.69) is 5.32 Å². The van der Waals surface area contributed by atoms with Gasteiger partial charge in [0.1, 0.15) is 17.9 Å². The van der Waals surface area contributed by atoms with E-state index in [4.69, 9.17) is 34.2 Å². The third kappa shape index (κ3) is 12.8. The Labute approximate surface area is 301 Å². The minimum absolute atomic E-state index is 0.222. The van der Waals surface area contributed by atoms with E-state index in [-0.39, 0.29) is 12.5 Å². The van der Waals surface area contributed by atoms with Crippen molar-refractivity contribution >= 4 is 23.6 Å². The van der Waals surface area contributed by atoms with E-state index in [0.29, 0.717) is 101 Å². The number of aryl methyl sites for hydroxylation is 1. The molecule has 0 unspecified atom stereocenters. The third-order valence-electron chi connectivity index (χ3n) is 8.93. The highest BCUT2D eigenvalue weighted by atomic mass is 16.5. The minimum Gasteiger partial charge on any atom is -0.493 e. The summed E-state index contributed by atoms with van der Waals surface area (Å²) in [4.78, 5) is 54.2. The lowest BCUT2D eigenvalue weighted by Crippen LogP contribution is -2.53. The fourth-order valence-electron chi connectivity index (χ4n) is 5.52. The van der Waals surface area contributed by atoms with Crippen molar-refractivity contribution in [3.8, 4) is 17.2 Å². The molecule has 0 aliphatic carbocycles. The quantitative estimate of drug-likeness (QED) is 0.104. The first kappa shape index (κ1) is 41.2. The van der Waals surface area contributed by atoms with Crippen molar-refractivity contribution in [2.75, 3.05) is 66.9 Å². The number of methoxy groups -OCH3 is 2. The molecule has 0 radical (unpaired) electrons. The number of hydrogen-bond acceptors (Lipinski definition) is 11. The number of nitrogens with one attached hydrogen (secondary N) is 1. The Bertz CT molecular complexity index is 1430. The number of benzene rings is 2. The lowest BCUT2D eigenvalue weighted by molar-refractivity contribution is -0.164. The summed E-state index contributed by atoms with van der Waals surface area (Å²) in [5.74, 6) is -0.446. The van der Waals surface area contributed by atoms with E-state index in [9.17, 15) is 19.2 Å². The van der Waals surface area contributed by atoms with Gasteiger partial charge in [0.25, 0.3) is 11.8 Å². The number of ether oxygens (including phenoxy) is 6. The van der Waals surface area contributed by atoms with Gasteiger partial charge in [-0.3, -0.25) is 14.4 Å². The molecule has 282 valence electrons. The van der Waals surface area contributed by atoms with Crippen molar-refractivity contribution in [3.63, 3.8) is 0 Å². The second-order valence-electron chi connectivity index (χ2n) is 13.0. The van der Waals surface area contributed by atoms with Crippen LogP contribution in [0, 0.1) is 5.41 Å². The predicted octanol–water partition coefficient (Wildman–Crippen LogP) is 3.79. The minimum atomic E-state index is -0.878. The number of esters is 1. The van der Waals surface area contributed by atoms with Crippen LogP contribution in [0.5, 0.6) is 17.2 Å². The molecule has 1 heterocycles. The molecular formula is C38H55N3O10. The van der Waals surface area contributed by atoms with Gasteiger partial charge in [0.05, 0.1) is 40.6 Å². The molecule has 0 bridgehead atoms. The molecule has 13 heteroatoms. The number of carbonyl (C=O) groups excluding carboxylic acids is 4.